The van der Waals surface area contributed by atoms with Crippen LogP contribution in [0.2, 0.25) is 0 Å². The number of rotatable bonds is 5. The molecule has 0 aliphatic heterocycles. The first kappa shape index (κ1) is 12.2. The summed E-state index contributed by atoms with van der Waals surface area (Å²) in [6.45, 7) is 3.25. The molecule has 3 amide bonds. The minimum absolute atomic E-state index is 0.0776. The molecule has 7 nitrogen and oxygen atoms in total. The van der Waals surface area contributed by atoms with Gasteiger partial charge in [0.2, 0.25) is 5.91 Å². The molecular formula is C7H15N5O2. The Kier molecular flexibility index (Phi) is 5.05. The second-order valence-corrected chi connectivity index (χ2v) is 2.62. The van der Waals surface area contributed by atoms with E-state index in [0.29, 0.717) is 0 Å². The van der Waals surface area contributed by atoms with Gasteiger partial charge in [-0.2, -0.15) is 5.10 Å². The summed E-state index contributed by atoms with van der Waals surface area (Å²) in [6.07, 6.45) is 1.01. The maximum absolute atomic E-state index is 10.6. The maximum Gasteiger partial charge on any atom is 0.313 e. The average molecular weight is 201 g/mol. The van der Waals surface area contributed by atoms with E-state index in [2.05, 4.69) is 10.4 Å². The van der Waals surface area contributed by atoms with Crippen molar-refractivity contribution in [3.63, 3.8) is 0 Å². The van der Waals surface area contributed by atoms with Crippen molar-refractivity contribution in [2.75, 3.05) is 6.54 Å². The SMILES string of the molecule is C/C=N\N(CC(N)=O)C(C)NC(N)=O. The van der Waals surface area contributed by atoms with Crippen molar-refractivity contribution in [3.05, 3.63) is 0 Å². The summed E-state index contributed by atoms with van der Waals surface area (Å²) in [4.78, 5) is 21.2. The Morgan fingerprint density at radius 2 is 2.14 bits per heavy atom. The van der Waals surface area contributed by atoms with E-state index in [1.165, 1.54) is 11.2 Å². The second-order valence-electron chi connectivity index (χ2n) is 2.62. The Morgan fingerprint density at radius 3 is 2.50 bits per heavy atom. The van der Waals surface area contributed by atoms with Crippen LogP contribution in [0.5, 0.6) is 0 Å². The van der Waals surface area contributed by atoms with Crippen molar-refractivity contribution in [1.82, 2.24) is 10.3 Å². The number of carbonyl (C=O) groups is 2. The van der Waals surface area contributed by atoms with Gasteiger partial charge in [0.15, 0.2) is 0 Å². The van der Waals surface area contributed by atoms with Crippen LogP contribution < -0.4 is 16.8 Å². The molecule has 0 aliphatic rings. The zero-order valence-electron chi connectivity index (χ0n) is 8.23. The summed E-state index contributed by atoms with van der Waals surface area (Å²) in [7, 11) is 0. The standard InChI is InChI=1S/C7H15N5O2/c1-3-10-12(4-6(8)13)5(2)11-7(9)14/h3,5H,4H2,1-2H3,(H2,8,13)(H3,9,11,14)/b10-3-. The van der Waals surface area contributed by atoms with Crippen LogP contribution in [0.3, 0.4) is 0 Å². The van der Waals surface area contributed by atoms with E-state index < -0.39 is 18.1 Å². The van der Waals surface area contributed by atoms with Gasteiger partial charge < -0.3 is 16.8 Å². The Balaban J connectivity index is 4.31. The lowest BCUT2D eigenvalue weighted by molar-refractivity contribution is -0.119. The van der Waals surface area contributed by atoms with Crippen LogP contribution in [0.4, 0.5) is 4.79 Å². The third-order valence-electron chi connectivity index (χ3n) is 1.38. The summed E-state index contributed by atoms with van der Waals surface area (Å²) in [5, 5.41) is 7.56. The molecule has 1 unspecified atom stereocenters. The lowest BCUT2D eigenvalue weighted by atomic mass is 10.5. The number of carbonyl (C=O) groups excluding carboxylic acids is 2. The number of amides is 3. The topological polar surface area (TPSA) is 114 Å². The number of nitrogens with one attached hydrogen (secondary N) is 1. The molecule has 0 aromatic heterocycles. The van der Waals surface area contributed by atoms with Gasteiger partial charge in [0.1, 0.15) is 12.7 Å². The number of urea groups is 1. The average Bonchev–Trinajstić information content (AvgIpc) is 2.01. The van der Waals surface area contributed by atoms with Gasteiger partial charge in [0.05, 0.1) is 0 Å². The Labute approximate surface area is 82.1 Å². The molecule has 0 spiro atoms. The molecule has 0 aliphatic carbocycles. The normalized spacial score (nSPS) is 12.4. The number of hydrazone groups is 1. The van der Waals surface area contributed by atoms with Crippen LogP contribution in [0.25, 0.3) is 0 Å². The van der Waals surface area contributed by atoms with Crippen molar-refractivity contribution >= 4 is 18.2 Å². The zero-order valence-corrected chi connectivity index (χ0v) is 8.23. The van der Waals surface area contributed by atoms with E-state index in [0.717, 1.165) is 0 Å². The van der Waals surface area contributed by atoms with Crippen LogP contribution in [0.15, 0.2) is 5.10 Å². The Morgan fingerprint density at radius 1 is 1.57 bits per heavy atom. The Hall–Kier alpha value is -1.79. The van der Waals surface area contributed by atoms with E-state index in [4.69, 9.17) is 11.5 Å². The molecule has 0 fully saturated rings. The Bertz CT molecular complexity index is 240. The summed E-state index contributed by atoms with van der Waals surface area (Å²) in [6, 6.07) is -0.682. The van der Waals surface area contributed by atoms with E-state index in [9.17, 15) is 9.59 Å². The van der Waals surface area contributed by atoms with E-state index in [1.807, 2.05) is 0 Å². The summed E-state index contributed by atoms with van der Waals surface area (Å²) >= 11 is 0. The van der Waals surface area contributed by atoms with Crippen molar-refractivity contribution in [2.24, 2.45) is 16.6 Å². The van der Waals surface area contributed by atoms with Crippen LogP contribution >= 0.6 is 0 Å². The molecule has 0 saturated carbocycles. The molecule has 0 aromatic carbocycles. The van der Waals surface area contributed by atoms with Crippen molar-refractivity contribution in [1.29, 1.82) is 0 Å². The molecule has 5 N–H and O–H groups in total. The van der Waals surface area contributed by atoms with Gasteiger partial charge in [-0.05, 0) is 13.8 Å². The highest BCUT2D eigenvalue weighted by molar-refractivity contribution is 5.76. The smallest absolute Gasteiger partial charge is 0.313 e. The minimum Gasteiger partial charge on any atom is -0.368 e. The van der Waals surface area contributed by atoms with Crippen LogP contribution in [-0.2, 0) is 4.79 Å². The number of hydrogen-bond acceptors (Lipinski definition) is 4. The van der Waals surface area contributed by atoms with Crippen LogP contribution in [0.1, 0.15) is 13.8 Å². The maximum atomic E-state index is 10.6. The molecule has 7 heteroatoms. The van der Waals surface area contributed by atoms with Crippen molar-refractivity contribution < 1.29 is 9.59 Å². The molecule has 0 rings (SSSR count). The molecule has 0 bridgehead atoms. The van der Waals surface area contributed by atoms with Gasteiger partial charge in [-0.3, -0.25) is 9.80 Å². The summed E-state index contributed by atoms with van der Waals surface area (Å²) in [5.41, 5.74) is 9.91. The number of primary amides is 2. The summed E-state index contributed by atoms with van der Waals surface area (Å²) < 4.78 is 0. The van der Waals surface area contributed by atoms with Gasteiger partial charge in [-0.25, -0.2) is 4.79 Å². The fourth-order valence-electron chi connectivity index (χ4n) is 0.866. The highest BCUT2D eigenvalue weighted by atomic mass is 16.2. The van der Waals surface area contributed by atoms with Crippen LogP contribution in [-0.4, -0.2) is 35.9 Å². The molecule has 0 saturated heterocycles. The first-order chi connectivity index (χ1) is 6.47. The lowest BCUT2D eigenvalue weighted by Gasteiger charge is -2.24. The van der Waals surface area contributed by atoms with Crippen molar-refractivity contribution in [2.45, 2.75) is 20.0 Å². The van der Waals surface area contributed by atoms with Gasteiger partial charge in [0.25, 0.3) is 0 Å². The first-order valence-corrected chi connectivity index (χ1v) is 4.07. The van der Waals surface area contributed by atoms with E-state index >= 15 is 0 Å². The highest BCUT2D eigenvalue weighted by Crippen LogP contribution is 1.95. The molecule has 14 heavy (non-hydrogen) atoms. The lowest BCUT2D eigenvalue weighted by Crippen LogP contribution is -2.48. The number of nitrogens with two attached hydrogens (primary N) is 2. The fraction of sp³-hybridized carbons (Fsp3) is 0.571. The third kappa shape index (κ3) is 4.96. The first-order valence-electron chi connectivity index (χ1n) is 4.07. The quantitative estimate of drug-likeness (QED) is 0.294. The van der Waals surface area contributed by atoms with Crippen LogP contribution in [0, 0.1) is 0 Å². The monoisotopic (exact) mass is 201 g/mol. The van der Waals surface area contributed by atoms with Gasteiger partial charge in [-0.15, -0.1) is 0 Å². The van der Waals surface area contributed by atoms with Gasteiger partial charge in [-0.1, -0.05) is 0 Å². The second kappa shape index (κ2) is 5.79. The molecule has 0 heterocycles. The van der Waals surface area contributed by atoms with E-state index in [1.54, 1.807) is 13.8 Å². The molecular weight excluding hydrogens is 186 g/mol. The molecule has 0 aromatic rings. The molecule has 0 radical (unpaired) electrons. The van der Waals surface area contributed by atoms with Gasteiger partial charge >= 0.3 is 6.03 Å². The summed E-state index contributed by atoms with van der Waals surface area (Å²) in [5.74, 6) is -0.534. The fourth-order valence-corrected chi connectivity index (χ4v) is 0.866. The zero-order chi connectivity index (χ0) is 11.1. The predicted octanol–water partition coefficient (Wildman–Crippen LogP) is -1.21. The molecule has 80 valence electrons. The highest BCUT2D eigenvalue weighted by Gasteiger charge is 2.13. The van der Waals surface area contributed by atoms with E-state index in [-0.39, 0.29) is 6.54 Å². The van der Waals surface area contributed by atoms with Crippen molar-refractivity contribution in [3.8, 4) is 0 Å². The molecule has 1 atom stereocenters. The van der Waals surface area contributed by atoms with Gasteiger partial charge in [0, 0.05) is 6.21 Å². The number of hydrogen-bond donors (Lipinski definition) is 3. The largest absolute Gasteiger partial charge is 0.368 e. The number of nitrogens with zero attached hydrogens (tertiary/aromatic N) is 2. The third-order valence-corrected chi connectivity index (χ3v) is 1.38. The predicted molar refractivity (Wildman–Crippen MR) is 52.2 cm³/mol. The minimum atomic E-state index is -0.682.